The van der Waals surface area contributed by atoms with Crippen LogP contribution in [-0.4, -0.2) is 27.9 Å². The van der Waals surface area contributed by atoms with Crippen molar-refractivity contribution < 1.29 is 9.53 Å². The molecule has 1 atom stereocenters. The molecule has 7 heteroatoms. The minimum absolute atomic E-state index is 0.0902. The maximum absolute atomic E-state index is 11.7. The Hall–Kier alpha value is -4.00. The predicted molar refractivity (Wildman–Crippen MR) is 116 cm³/mol. The van der Waals surface area contributed by atoms with Crippen LogP contribution in [0.5, 0.6) is 11.5 Å². The van der Waals surface area contributed by atoms with E-state index < -0.39 is 0 Å². The Labute approximate surface area is 174 Å². The van der Waals surface area contributed by atoms with E-state index in [9.17, 15) is 4.79 Å². The molecule has 0 aliphatic carbocycles. The van der Waals surface area contributed by atoms with Crippen molar-refractivity contribution in [2.45, 2.75) is 13.0 Å². The van der Waals surface area contributed by atoms with Crippen LogP contribution >= 0.6 is 0 Å². The molecule has 0 spiro atoms. The standard InChI is InChI=1S/C23H21N5O2/c1-15(16-6-4-3-5-7-16)27-23-26-14-17-12-18(8-9-20(17)28-23)30-19-10-11-25-21(13-19)22(29)24-2/h3-15H,1-2H3,(H,24,29)(H,26,27,28)/t15-/m1/s1. The van der Waals surface area contributed by atoms with Gasteiger partial charge in [0.05, 0.1) is 11.6 Å². The van der Waals surface area contributed by atoms with E-state index in [1.54, 1.807) is 25.4 Å². The molecule has 0 fully saturated rings. The Morgan fingerprint density at radius 3 is 2.60 bits per heavy atom. The molecule has 0 unspecified atom stereocenters. The number of nitrogens with one attached hydrogen (secondary N) is 2. The van der Waals surface area contributed by atoms with E-state index in [0.29, 0.717) is 23.1 Å². The van der Waals surface area contributed by atoms with E-state index >= 15 is 0 Å². The number of carbonyl (C=O) groups excluding carboxylic acids is 1. The van der Waals surface area contributed by atoms with Gasteiger partial charge in [-0.3, -0.25) is 9.78 Å². The van der Waals surface area contributed by atoms with E-state index in [4.69, 9.17) is 4.74 Å². The molecule has 0 saturated heterocycles. The van der Waals surface area contributed by atoms with Crippen molar-refractivity contribution in [2.75, 3.05) is 12.4 Å². The average molecular weight is 399 g/mol. The van der Waals surface area contributed by atoms with Crippen molar-refractivity contribution in [3.05, 3.63) is 84.3 Å². The normalized spacial score (nSPS) is 11.7. The molecule has 0 bridgehead atoms. The van der Waals surface area contributed by atoms with Crippen molar-refractivity contribution in [2.24, 2.45) is 0 Å². The highest BCUT2D eigenvalue weighted by Crippen LogP contribution is 2.26. The van der Waals surface area contributed by atoms with Crippen molar-refractivity contribution in [3.8, 4) is 11.5 Å². The van der Waals surface area contributed by atoms with Crippen LogP contribution in [0.1, 0.15) is 29.0 Å². The first kappa shape index (κ1) is 19.3. The summed E-state index contributed by atoms with van der Waals surface area (Å²) >= 11 is 0. The number of ether oxygens (including phenoxy) is 1. The Morgan fingerprint density at radius 1 is 1.00 bits per heavy atom. The molecule has 0 aliphatic heterocycles. The minimum atomic E-state index is -0.267. The number of fused-ring (bicyclic) bond motifs is 1. The number of aromatic nitrogens is 3. The molecule has 2 aromatic heterocycles. The van der Waals surface area contributed by atoms with Crippen molar-refractivity contribution >= 4 is 22.8 Å². The van der Waals surface area contributed by atoms with Crippen molar-refractivity contribution in [1.29, 1.82) is 0 Å². The van der Waals surface area contributed by atoms with Crippen molar-refractivity contribution in [3.63, 3.8) is 0 Å². The molecule has 0 radical (unpaired) electrons. The second kappa shape index (κ2) is 8.57. The molecule has 2 N–H and O–H groups in total. The van der Waals surface area contributed by atoms with Gasteiger partial charge >= 0.3 is 0 Å². The lowest BCUT2D eigenvalue weighted by Gasteiger charge is -2.14. The molecule has 1 amide bonds. The fraction of sp³-hybridized carbons (Fsp3) is 0.130. The Balaban J connectivity index is 1.51. The SMILES string of the molecule is CNC(=O)c1cc(Oc2ccc3nc(N[C@H](C)c4ccccc4)ncc3c2)ccn1. The highest BCUT2D eigenvalue weighted by molar-refractivity contribution is 5.92. The lowest BCUT2D eigenvalue weighted by molar-refractivity contribution is 0.0958. The van der Waals surface area contributed by atoms with Crippen LogP contribution in [0.3, 0.4) is 0 Å². The first-order valence-corrected chi connectivity index (χ1v) is 9.56. The first-order chi connectivity index (χ1) is 14.6. The summed E-state index contributed by atoms with van der Waals surface area (Å²) in [6.45, 7) is 2.07. The maximum Gasteiger partial charge on any atom is 0.269 e. The van der Waals surface area contributed by atoms with Crippen molar-refractivity contribution in [1.82, 2.24) is 20.3 Å². The zero-order valence-electron chi connectivity index (χ0n) is 16.7. The largest absolute Gasteiger partial charge is 0.457 e. The summed E-state index contributed by atoms with van der Waals surface area (Å²) in [7, 11) is 1.56. The van der Waals surface area contributed by atoms with Gasteiger partial charge in [0.2, 0.25) is 5.95 Å². The van der Waals surface area contributed by atoms with Gasteiger partial charge in [0, 0.05) is 30.9 Å². The monoisotopic (exact) mass is 399 g/mol. The Morgan fingerprint density at radius 2 is 1.80 bits per heavy atom. The summed E-state index contributed by atoms with van der Waals surface area (Å²) in [5.41, 5.74) is 2.27. The zero-order chi connectivity index (χ0) is 20.9. The van der Waals surface area contributed by atoms with Gasteiger partial charge < -0.3 is 15.4 Å². The summed E-state index contributed by atoms with van der Waals surface area (Å²) in [4.78, 5) is 24.8. The number of hydrogen-bond donors (Lipinski definition) is 2. The number of hydrogen-bond acceptors (Lipinski definition) is 6. The van der Waals surface area contributed by atoms with Gasteiger partial charge in [0.15, 0.2) is 0 Å². The molecular weight excluding hydrogens is 378 g/mol. The topological polar surface area (TPSA) is 89.0 Å². The van der Waals surface area contributed by atoms with E-state index in [1.807, 2.05) is 36.4 Å². The number of benzene rings is 2. The number of nitrogens with zero attached hydrogens (tertiary/aromatic N) is 3. The van der Waals surface area contributed by atoms with Gasteiger partial charge in [0.25, 0.3) is 5.91 Å². The third-order valence-corrected chi connectivity index (χ3v) is 4.62. The molecule has 150 valence electrons. The summed E-state index contributed by atoms with van der Waals surface area (Å²) in [6.07, 6.45) is 3.30. The summed E-state index contributed by atoms with van der Waals surface area (Å²) < 4.78 is 5.88. The fourth-order valence-corrected chi connectivity index (χ4v) is 3.03. The second-order valence-electron chi connectivity index (χ2n) is 6.75. The lowest BCUT2D eigenvalue weighted by atomic mass is 10.1. The number of rotatable bonds is 6. The van der Waals surface area contributed by atoms with Crippen LogP contribution in [0.4, 0.5) is 5.95 Å². The zero-order valence-corrected chi connectivity index (χ0v) is 16.7. The third-order valence-electron chi connectivity index (χ3n) is 4.62. The van der Waals surface area contributed by atoms with E-state index in [2.05, 4.69) is 44.6 Å². The Kier molecular flexibility index (Phi) is 5.52. The van der Waals surface area contributed by atoms with E-state index in [1.165, 1.54) is 11.8 Å². The fourth-order valence-electron chi connectivity index (χ4n) is 3.03. The van der Waals surface area contributed by atoms with Gasteiger partial charge in [-0.05, 0) is 36.8 Å². The number of amides is 1. The summed E-state index contributed by atoms with van der Waals surface area (Å²) in [5, 5.41) is 6.73. The minimum Gasteiger partial charge on any atom is -0.457 e. The van der Waals surface area contributed by atoms with Gasteiger partial charge in [-0.2, -0.15) is 0 Å². The lowest BCUT2D eigenvalue weighted by Crippen LogP contribution is -2.18. The van der Waals surface area contributed by atoms with Gasteiger partial charge in [-0.1, -0.05) is 30.3 Å². The first-order valence-electron chi connectivity index (χ1n) is 9.56. The number of pyridine rings is 1. The molecule has 2 heterocycles. The molecule has 0 saturated carbocycles. The van der Waals surface area contributed by atoms with Crippen LogP contribution in [0.15, 0.2) is 73.1 Å². The van der Waals surface area contributed by atoms with Gasteiger partial charge in [0.1, 0.15) is 17.2 Å². The molecule has 2 aromatic carbocycles. The number of anilines is 1. The summed E-state index contributed by atoms with van der Waals surface area (Å²) in [6, 6.07) is 19.1. The highest BCUT2D eigenvalue weighted by Gasteiger charge is 2.09. The Bertz CT molecular complexity index is 1180. The summed E-state index contributed by atoms with van der Waals surface area (Å²) in [5.74, 6) is 1.45. The molecule has 7 nitrogen and oxygen atoms in total. The average Bonchev–Trinajstić information content (AvgIpc) is 2.79. The highest BCUT2D eigenvalue weighted by atomic mass is 16.5. The van der Waals surface area contributed by atoms with Crippen LogP contribution < -0.4 is 15.4 Å². The molecule has 0 aliphatic rings. The van der Waals surface area contributed by atoms with E-state index in [0.717, 1.165) is 10.9 Å². The smallest absolute Gasteiger partial charge is 0.269 e. The van der Waals surface area contributed by atoms with Gasteiger partial charge in [-0.15, -0.1) is 0 Å². The van der Waals surface area contributed by atoms with Crippen LogP contribution in [0.2, 0.25) is 0 Å². The van der Waals surface area contributed by atoms with Crippen LogP contribution in [0, 0.1) is 0 Å². The molecule has 4 aromatic rings. The third kappa shape index (κ3) is 4.35. The van der Waals surface area contributed by atoms with Crippen LogP contribution in [-0.2, 0) is 0 Å². The second-order valence-corrected chi connectivity index (χ2v) is 6.75. The van der Waals surface area contributed by atoms with Crippen LogP contribution in [0.25, 0.3) is 10.9 Å². The quantitative estimate of drug-likeness (QED) is 0.501. The molecule has 30 heavy (non-hydrogen) atoms. The van der Waals surface area contributed by atoms with Gasteiger partial charge in [-0.25, -0.2) is 9.97 Å². The number of carbonyl (C=O) groups is 1. The molecule has 4 rings (SSSR count). The molecular formula is C23H21N5O2. The van der Waals surface area contributed by atoms with E-state index in [-0.39, 0.29) is 11.9 Å². The predicted octanol–water partition coefficient (Wildman–Crippen LogP) is 4.35. The maximum atomic E-state index is 11.7.